The fourth-order valence-electron chi connectivity index (χ4n) is 3.82. The standard InChI is InChI=1S/C23H21ClN4O3S/c1-13-8-17(24)11-20-21(13)25-23(32-20)27(6-7-28-15(3)9-14(2)26-28)22(29)16-4-5-18-19(10-16)31-12-30-18/h4-5,8-11H,6-7,12H2,1-3H3. The SMILES string of the molecule is Cc1cc(C)n(CCN(C(=O)c2ccc3c(c2)OCO3)c2nc3c(C)cc(Cl)cc3s2)n1. The van der Waals surface area contributed by atoms with Gasteiger partial charge in [0, 0.05) is 22.8 Å². The van der Waals surface area contributed by atoms with Crippen molar-refractivity contribution < 1.29 is 14.3 Å². The van der Waals surface area contributed by atoms with Gasteiger partial charge < -0.3 is 9.47 Å². The molecule has 32 heavy (non-hydrogen) atoms. The molecule has 0 N–H and O–H groups in total. The van der Waals surface area contributed by atoms with Gasteiger partial charge in [-0.15, -0.1) is 0 Å². The first-order valence-corrected chi connectivity index (χ1v) is 11.4. The molecule has 0 aliphatic carbocycles. The van der Waals surface area contributed by atoms with Crippen LogP contribution in [0.3, 0.4) is 0 Å². The van der Waals surface area contributed by atoms with Crippen LogP contribution in [-0.4, -0.2) is 34.0 Å². The molecule has 7 nitrogen and oxygen atoms in total. The monoisotopic (exact) mass is 468 g/mol. The van der Waals surface area contributed by atoms with Crippen molar-refractivity contribution in [3.05, 3.63) is 63.9 Å². The number of carbonyl (C=O) groups is 1. The van der Waals surface area contributed by atoms with E-state index in [1.54, 1.807) is 23.1 Å². The van der Waals surface area contributed by atoms with E-state index in [0.717, 1.165) is 27.2 Å². The summed E-state index contributed by atoms with van der Waals surface area (Å²) in [4.78, 5) is 20.1. The number of nitrogens with zero attached hydrogens (tertiary/aromatic N) is 4. The van der Waals surface area contributed by atoms with Crippen molar-refractivity contribution in [2.75, 3.05) is 18.2 Å². The van der Waals surface area contributed by atoms with Gasteiger partial charge in [-0.2, -0.15) is 5.10 Å². The Morgan fingerprint density at radius 1 is 1.16 bits per heavy atom. The Hall–Kier alpha value is -3.10. The van der Waals surface area contributed by atoms with Gasteiger partial charge in [-0.1, -0.05) is 22.9 Å². The second kappa shape index (κ2) is 8.11. The number of ether oxygens (including phenoxy) is 2. The van der Waals surface area contributed by atoms with Gasteiger partial charge in [-0.25, -0.2) is 4.98 Å². The molecule has 9 heteroatoms. The zero-order valence-corrected chi connectivity index (χ0v) is 19.5. The van der Waals surface area contributed by atoms with Crippen LogP contribution >= 0.6 is 22.9 Å². The molecule has 1 amide bonds. The number of anilines is 1. The second-order valence-corrected chi connectivity index (χ2v) is 9.19. The molecule has 0 fully saturated rings. The van der Waals surface area contributed by atoms with Gasteiger partial charge in [0.25, 0.3) is 5.91 Å². The molecular formula is C23H21ClN4O3S. The minimum atomic E-state index is -0.160. The van der Waals surface area contributed by atoms with Crippen LogP contribution in [0.2, 0.25) is 5.02 Å². The molecule has 0 bridgehead atoms. The smallest absolute Gasteiger partial charge is 0.260 e. The van der Waals surface area contributed by atoms with Gasteiger partial charge in [0.05, 0.1) is 22.5 Å². The predicted molar refractivity (Wildman–Crippen MR) is 125 cm³/mol. The molecule has 1 aliphatic rings. The molecule has 0 radical (unpaired) electrons. The average Bonchev–Trinajstić information content (AvgIpc) is 3.46. The third-order valence-corrected chi connectivity index (χ3v) is 6.62. The van der Waals surface area contributed by atoms with E-state index in [-0.39, 0.29) is 12.7 Å². The molecule has 0 spiro atoms. The molecule has 0 saturated heterocycles. The third-order valence-electron chi connectivity index (χ3n) is 5.37. The van der Waals surface area contributed by atoms with Crippen LogP contribution in [0.1, 0.15) is 27.3 Å². The van der Waals surface area contributed by atoms with Crippen molar-refractivity contribution in [1.82, 2.24) is 14.8 Å². The first-order chi connectivity index (χ1) is 15.4. The maximum absolute atomic E-state index is 13.6. The van der Waals surface area contributed by atoms with Crippen LogP contribution in [0.5, 0.6) is 11.5 Å². The molecule has 164 valence electrons. The minimum Gasteiger partial charge on any atom is -0.454 e. The number of halogens is 1. The number of fused-ring (bicyclic) bond motifs is 2. The average molecular weight is 469 g/mol. The van der Waals surface area contributed by atoms with Crippen LogP contribution in [0.15, 0.2) is 36.4 Å². The Morgan fingerprint density at radius 2 is 1.97 bits per heavy atom. The van der Waals surface area contributed by atoms with E-state index in [1.807, 2.05) is 43.7 Å². The molecule has 0 atom stereocenters. The molecule has 5 rings (SSSR count). The fraction of sp³-hybridized carbons (Fsp3) is 0.261. The molecular weight excluding hydrogens is 448 g/mol. The largest absolute Gasteiger partial charge is 0.454 e. The number of hydrogen-bond donors (Lipinski definition) is 0. The van der Waals surface area contributed by atoms with E-state index in [0.29, 0.717) is 40.3 Å². The molecule has 2 aromatic heterocycles. The van der Waals surface area contributed by atoms with Crippen molar-refractivity contribution in [2.24, 2.45) is 0 Å². The lowest BCUT2D eigenvalue weighted by Crippen LogP contribution is -2.34. The number of aromatic nitrogens is 3. The Balaban J connectivity index is 1.53. The number of aryl methyl sites for hydroxylation is 3. The Morgan fingerprint density at radius 3 is 2.75 bits per heavy atom. The number of hydrogen-bond acceptors (Lipinski definition) is 6. The highest BCUT2D eigenvalue weighted by atomic mass is 35.5. The maximum Gasteiger partial charge on any atom is 0.260 e. The molecule has 0 unspecified atom stereocenters. The highest BCUT2D eigenvalue weighted by molar-refractivity contribution is 7.22. The van der Waals surface area contributed by atoms with E-state index in [9.17, 15) is 4.79 Å². The van der Waals surface area contributed by atoms with Gasteiger partial charge in [0.2, 0.25) is 6.79 Å². The summed E-state index contributed by atoms with van der Waals surface area (Å²) in [6, 6.07) is 11.0. The minimum absolute atomic E-state index is 0.159. The summed E-state index contributed by atoms with van der Waals surface area (Å²) >= 11 is 7.70. The maximum atomic E-state index is 13.6. The van der Waals surface area contributed by atoms with Crippen molar-refractivity contribution in [3.8, 4) is 11.5 Å². The van der Waals surface area contributed by atoms with Crippen LogP contribution in [-0.2, 0) is 6.54 Å². The highest BCUT2D eigenvalue weighted by Crippen LogP contribution is 2.36. The normalized spacial score (nSPS) is 12.5. The van der Waals surface area contributed by atoms with Crippen molar-refractivity contribution in [3.63, 3.8) is 0 Å². The summed E-state index contributed by atoms with van der Waals surface area (Å²) in [6.07, 6.45) is 0. The lowest BCUT2D eigenvalue weighted by Gasteiger charge is -2.20. The summed E-state index contributed by atoms with van der Waals surface area (Å²) in [5.41, 5.74) is 4.33. The lowest BCUT2D eigenvalue weighted by atomic mass is 10.2. The Labute approximate surface area is 194 Å². The number of carbonyl (C=O) groups excluding carboxylic acids is 1. The summed E-state index contributed by atoms with van der Waals surface area (Å²) in [6.45, 7) is 7.06. The lowest BCUT2D eigenvalue weighted by molar-refractivity contribution is 0.0985. The fourth-order valence-corrected chi connectivity index (χ4v) is 5.27. The van der Waals surface area contributed by atoms with E-state index in [4.69, 9.17) is 26.1 Å². The summed E-state index contributed by atoms with van der Waals surface area (Å²) in [7, 11) is 0. The zero-order chi connectivity index (χ0) is 22.4. The van der Waals surface area contributed by atoms with E-state index < -0.39 is 0 Å². The highest BCUT2D eigenvalue weighted by Gasteiger charge is 2.24. The molecule has 1 aliphatic heterocycles. The first kappa shape index (κ1) is 20.8. The molecule has 0 saturated carbocycles. The van der Waals surface area contributed by atoms with Crippen molar-refractivity contribution in [2.45, 2.75) is 27.3 Å². The zero-order valence-electron chi connectivity index (χ0n) is 17.9. The number of amides is 1. The Kier molecular flexibility index (Phi) is 5.27. The number of rotatable bonds is 5. The molecule has 4 aromatic rings. The van der Waals surface area contributed by atoms with E-state index >= 15 is 0 Å². The van der Waals surface area contributed by atoms with Gasteiger partial charge >= 0.3 is 0 Å². The van der Waals surface area contributed by atoms with Crippen LogP contribution in [0.4, 0.5) is 5.13 Å². The van der Waals surface area contributed by atoms with Crippen LogP contribution in [0.25, 0.3) is 10.2 Å². The number of thiazole rings is 1. The van der Waals surface area contributed by atoms with Gasteiger partial charge in [-0.05, 0) is 62.7 Å². The topological polar surface area (TPSA) is 69.5 Å². The predicted octanol–water partition coefficient (Wildman–Crippen LogP) is 5.15. The summed E-state index contributed by atoms with van der Waals surface area (Å²) in [5.74, 6) is 1.05. The van der Waals surface area contributed by atoms with E-state index in [2.05, 4.69) is 5.10 Å². The second-order valence-electron chi connectivity index (χ2n) is 7.74. The van der Waals surface area contributed by atoms with Gasteiger partial charge in [-0.3, -0.25) is 14.4 Å². The Bertz CT molecular complexity index is 1350. The van der Waals surface area contributed by atoms with Crippen LogP contribution in [0, 0.1) is 20.8 Å². The van der Waals surface area contributed by atoms with Crippen molar-refractivity contribution in [1.29, 1.82) is 0 Å². The molecule has 3 heterocycles. The van der Waals surface area contributed by atoms with Crippen molar-refractivity contribution >= 4 is 44.2 Å². The van der Waals surface area contributed by atoms with Crippen LogP contribution < -0.4 is 14.4 Å². The summed E-state index contributed by atoms with van der Waals surface area (Å²) < 4.78 is 13.7. The summed E-state index contributed by atoms with van der Waals surface area (Å²) in [5, 5.41) is 5.81. The quantitative estimate of drug-likeness (QED) is 0.405. The van der Waals surface area contributed by atoms with Gasteiger partial charge in [0.15, 0.2) is 16.6 Å². The van der Waals surface area contributed by atoms with E-state index in [1.165, 1.54) is 11.3 Å². The number of benzene rings is 2. The molecule has 2 aromatic carbocycles. The third kappa shape index (κ3) is 3.80. The first-order valence-electron chi connectivity index (χ1n) is 10.2. The van der Waals surface area contributed by atoms with Gasteiger partial charge in [0.1, 0.15) is 0 Å².